The number of nitriles is 1. The van der Waals surface area contributed by atoms with Gasteiger partial charge in [-0.15, -0.1) is 0 Å². The lowest BCUT2D eigenvalue weighted by atomic mass is 10.1. The molecule has 0 radical (unpaired) electrons. The molecule has 0 aromatic carbocycles. The molecule has 0 bridgehead atoms. The highest BCUT2D eigenvalue weighted by Gasteiger charge is 2.08. The van der Waals surface area contributed by atoms with Gasteiger partial charge in [0.1, 0.15) is 0 Å². The van der Waals surface area contributed by atoms with E-state index in [4.69, 9.17) is 5.26 Å². The molecule has 0 spiro atoms. The Bertz CT molecular complexity index is 196. The lowest BCUT2D eigenvalue weighted by Gasteiger charge is -2.13. The second-order valence-electron chi connectivity index (χ2n) is 3.49. The number of amides is 1. The fourth-order valence-corrected chi connectivity index (χ4v) is 1.24. The standard InChI is InChI=1S/C11H20N2O/c1-3-5-6-7-11(14)13-10(4-2)8-9-12/h10H,3-8H2,1-2H3,(H,13,14). The smallest absolute Gasteiger partial charge is 0.220 e. The van der Waals surface area contributed by atoms with E-state index in [1.54, 1.807) is 0 Å². The van der Waals surface area contributed by atoms with Crippen LogP contribution in [-0.4, -0.2) is 11.9 Å². The Hall–Kier alpha value is -1.04. The molecule has 0 fully saturated rings. The molecule has 1 N–H and O–H groups in total. The molecular weight excluding hydrogens is 176 g/mol. The molecule has 3 nitrogen and oxygen atoms in total. The zero-order valence-corrected chi connectivity index (χ0v) is 9.18. The van der Waals surface area contributed by atoms with Gasteiger partial charge >= 0.3 is 0 Å². The van der Waals surface area contributed by atoms with Gasteiger partial charge in [-0.2, -0.15) is 5.26 Å². The van der Waals surface area contributed by atoms with Crippen LogP contribution in [0.5, 0.6) is 0 Å². The summed E-state index contributed by atoms with van der Waals surface area (Å²) < 4.78 is 0. The highest BCUT2D eigenvalue weighted by molar-refractivity contribution is 5.76. The molecule has 0 aliphatic rings. The number of nitrogens with one attached hydrogen (secondary N) is 1. The predicted octanol–water partition coefficient (Wildman–Crippen LogP) is 2.38. The first-order chi connectivity index (χ1) is 6.74. The van der Waals surface area contributed by atoms with Gasteiger partial charge in [-0.05, 0) is 12.8 Å². The molecule has 3 heteroatoms. The maximum absolute atomic E-state index is 11.3. The third kappa shape index (κ3) is 6.47. The van der Waals surface area contributed by atoms with Crippen LogP contribution in [0.2, 0.25) is 0 Å². The average molecular weight is 196 g/mol. The highest BCUT2D eigenvalue weighted by atomic mass is 16.1. The molecule has 0 aliphatic heterocycles. The molecule has 1 amide bonds. The van der Waals surface area contributed by atoms with E-state index < -0.39 is 0 Å². The second kappa shape index (κ2) is 8.55. The number of hydrogen-bond acceptors (Lipinski definition) is 2. The largest absolute Gasteiger partial charge is 0.352 e. The second-order valence-corrected chi connectivity index (χ2v) is 3.49. The summed E-state index contributed by atoms with van der Waals surface area (Å²) in [5, 5.41) is 11.4. The lowest BCUT2D eigenvalue weighted by Crippen LogP contribution is -2.33. The minimum absolute atomic E-state index is 0.0362. The van der Waals surface area contributed by atoms with Crippen molar-refractivity contribution < 1.29 is 4.79 Å². The third-order valence-corrected chi connectivity index (χ3v) is 2.20. The molecule has 0 heterocycles. The van der Waals surface area contributed by atoms with Crippen LogP contribution < -0.4 is 5.32 Å². The molecule has 0 aliphatic carbocycles. The SMILES string of the molecule is CCCCCC(=O)NC(CC)CC#N. The van der Waals surface area contributed by atoms with Crippen molar-refractivity contribution in [3.63, 3.8) is 0 Å². The average Bonchev–Trinajstić information content (AvgIpc) is 2.17. The Morgan fingerprint density at radius 3 is 2.64 bits per heavy atom. The Labute approximate surface area is 86.5 Å². The number of carbonyl (C=O) groups is 1. The van der Waals surface area contributed by atoms with Gasteiger partial charge in [0.15, 0.2) is 0 Å². The fourth-order valence-electron chi connectivity index (χ4n) is 1.24. The van der Waals surface area contributed by atoms with Crippen molar-refractivity contribution in [2.75, 3.05) is 0 Å². The molecule has 14 heavy (non-hydrogen) atoms. The van der Waals surface area contributed by atoms with Crippen molar-refractivity contribution in [1.29, 1.82) is 5.26 Å². The van der Waals surface area contributed by atoms with Gasteiger partial charge in [-0.1, -0.05) is 26.7 Å². The van der Waals surface area contributed by atoms with E-state index in [1.165, 1.54) is 0 Å². The van der Waals surface area contributed by atoms with E-state index in [0.717, 1.165) is 25.7 Å². The topological polar surface area (TPSA) is 52.9 Å². The summed E-state index contributed by atoms with van der Waals surface area (Å²) in [6.45, 7) is 4.09. The minimum atomic E-state index is 0.0362. The number of carbonyl (C=O) groups excluding carboxylic acids is 1. The summed E-state index contributed by atoms with van der Waals surface area (Å²) in [5.74, 6) is 0.0838. The maximum Gasteiger partial charge on any atom is 0.220 e. The molecule has 80 valence electrons. The third-order valence-electron chi connectivity index (χ3n) is 2.20. The first kappa shape index (κ1) is 13.0. The molecular formula is C11H20N2O. The summed E-state index contributed by atoms with van der Waals surface area (Å²) in [6, 6.07) is 2.11. The van der Waals surface area contributed by atoms with Crippen LogP contribution in [-0.2, 0) is 4.79 Å². The molecule has 0 rings (SSSR count). The quantitative estimate of drug-likeness (QED) is 0.635. The molecule has 0 aromatic heterocycles. The summed E-state index contributed by atoms with van der Waals surface area (Å²) in [5.41, 5.74) is 0. The van der Waals surface area contributed by atoms with Gasteiger partial charge in [-0.25, -0.2) is 0 Å². The predicted molar refractivity (Wildman–Crippen MR) is 56.6 cm³/mol. The maximum atomic E-state index is 11.3. The van der Waals surface area contributed by atoms with Gasteiger partial charge in [-0.3, -0.25) is 4.79 Å². The van der Waals surface area contributed by atoms with E-state index in [9.17, 15) is 4.79 Å². The lowest BCUT2D eigenvalue weighted by molar-refractivity contribution is -0.121. The van der Waals surface area contributed by atoms with E-state index in [0.29, 0.717) is 12.8 Å². The first-order valence-electron chi connectivity index (χ1n) is 5.40. The van der Waals surface area contributed by atoms with Crippen LogP contribution in [0.1, 0.15) is 52.4 Å². The Kier molecular flexibility index (Phi) is 7.92. The highest BCUT2D eigenvalue weighted by Crippen LogP contribution is 2.01. The van der Waals surface area contributed by atoms with E-state index >= 15 is 0 Å². The number of hydrogen-bond donors (Lipinski definition) is 1. The number of unbranched alkanes of at least 4 members (excludes halogenated alkanes) is 2. The molecule has 0 saturated carbocycles. The summed E-state index contributed by atoms with van der Waals surface area (Å²) >= 11 is 0. The van der Waals surface area contributed by atoms with E-state index in [1.807, 2.05) is 6.92 Å². The zero-order valence-electron chi connectivity index (χ0n) is 9.18. The van der Waals surface area contributed by atoms with Crippen molar-refractivity contribution in [2.24, 2.45) is 0 Å². The van der Waals surface area contributed by atoms with E-state index in [-0.39, 0.29) is 11.9 Å². The number of rotatable bonds is 7. The van der Waals surface area contributed by atoms with Crippen molar-refractivity contribution in [3.05, 3.63) is 0 Å². The Morgan fingerprint density at radius 1 is 1.43 bits per heavy atom. The molecule has 1 atom stereocenters. The normalized spacial score (nSPS) is 11.8. The number of nitrogens with zero attached hydrogens (tertiary/aromatic N) is 1. The summed E-state index contributed by atoms with van der Waals surface area (Å²) in [4.78, 5) is 11.3. The summed E-state index contributed by atoms with van der Waals surface area (Å²) in [7, 11) is 0. The molecule has 0 aromatic rings. The van der Waals surface area contributed by atoms with Crippen LogP contribution in [0.25, 0.3) is 0 Å². The monoisotopic (exact) mass is 196 g/mol. The van der Waals surface area contributed by atoms with Crippen LogP contribution in [0.4, 0.5) is 0 Å². The van der Waals surface area contributed by atoms with Crippen molar-refractivity contribution in [1.82, 2.24) is 5.32 Å². The van der Waals surface area contributed by atoms with Gasteiger partial charge in [0, 0.05) is 12.5 Å². The first-order valence-corrected chi connectivity index (χ1v) is 5.40. The Morgan fingerprint density at radius 2 is 2.14 bits per heavy atom. The van der Waals surface area contributed by atoms with Crippen molar-refractivity contribution in [3.8, 4) is 6.07 Å². The van der Waals surface area contributed by atoms with Gasteiger partial charge in [0.2, 0.25) is 5.91 Å². The minimum Gasteiger partial charge on any atom is -0.352 e. The van der Waals surface area contributed by atoms with Gasteiger partial charge in [0.25, 0.3) is 0 Å². The van der Waals surface area contributed by atoms with Crippen LogP contribution in [0, 0.1) is 11.3 Å². The Balaban J connectivity index is 3.63. The van der Waals surface area contributed by atoms with Crippen LogP contribution in [0.15, 0.2) is 0 Å². The van der Waals surface area contributed by atoms with Crippen molar-refractivity contribution in [2.45, 2.75) is 58.4 Å². The zero-order chi connectivity index (χ0) is 10.8. The molecule has 1 unspecified atom stereocenters. The van der Waals surface area contributed by atoms with Gasteiger partial charge < -0.3 is 5.32 Å². The molecule has 0 saturated heterocycles. The summed E-state index contributed by atoms with van der Waals surface area (Å²) in [6.07, 6.45) is 5.01. The van der Waals surface area contributed by atoms with Crippen molar-refractivity contribution >= 4 is 5.91 Å². The fraction of sp³-hybridized carbons (Fsp3) is 0.818. The van der Waals surface area contributed by atoms with Crippen LogP contribution in [0.3, 0.4) is 0 Å². The van der Waals surface area contributed by atoms with Gasteiger partial charge in [0.05, 0.1) is 12.5 Å². The van der Waals surface area contributed by atoms with Crippen LogP contribution >= 0.6 is 0 Å². The van der Waals surface area contributed by atoms with E-state index in [2.05, 4.69) is 18.3 Å².